The van der Waals surface area contributed by atoms with Crippen LogP contribution in [0.5, 0.6) is 0 Å². The molecular formula is C21H26ClN3O2. The molecule has 1 aliphatic rings. The van der Waals surface area contributed by atoms with Crippen LogP contribution < -0.4 is 16.4 Å². The molecule has 5 nitrogen and oxygen atoms in total. The first-order chi connectivity index (χ1) is 12.6. The largest absolute Gasteiger partial charge is 0.352 e. The smallest absolute Gasteiger partial charge is 0.251 e. The van der Waals surface area contributed by atoms with Gasteiger partial charge in [-0.2, -0.15) is 0 Å². The Labute approximate surface area is 166 Å². The van der Waals surface area contributed by atoms with E-state index in [2.05, 4.69) is 10.6 Å². The standard InChI is InChI=1S/C21H25N3O2.ClH/c22-21(13-4-5-14-21)20(26)24-18-10-8-17(9-11-18)19(25)23-15-12-16-6-2-1-3-7-16;/h1-3,6-11H,4-5,12-15,22H2,(H,23,25)(H,24,26);1H. The van der Waals surface area contributed by atoms with E-state index in [1.807, 2.05) is 30.3 Å². The van der Waals surface area contributed by atoms with E-state index in [0.717, 1.165) is 32.1 Å². The maximum absolute atomic E-state index is 12.3. The van der Waals surface area contributed by atoms with E-state index in [9.17, 15) is 9.59 Å². The van der Waals surface area contributed by atoms with E-state index >= 15 is 0 Å². The van der Waals surface area contributed by atoms with Crippen LogP contribution in [0.4, 0.5) is 5.69 Å². The lowest BCUT2D eigenvalue weighted by molar-refractivity contribution is -0.121. The zero-order valence-corrected chi connectivity index (χ0v) is 16.1. The van der Waals surface area contributed by atoms with Crippen LogP contribution in [0, 0.1) is 0 Å². The summed E-state index contributed by atoms with van der Waals surface area (Å²) in [5.41, 5.74) is 7.82. The third-order valence-electron chi connectivity index (χ3n) is 4.90. The fourth-order valence-corrected chi connectivity index (χ4v) is 3.26. The van der Waals surface area contributed by atoms with Gasteiger partial charge in [-0.3, -0.25) is 9.59 Å². The molecule has 144 valence electrons. The molecular weight excluding hydrogens is 362 g/mol. The zero-order chi connectivity index (χ0) is 18.4. The first-order valence-corrected chi connectivity index (χ1v) is 9.09. The number of benzene rings is 2. The molecule has 0 heterocycles. The highest BCUT2D eigenvalue weighted by Gasteiger charge is 2.36. The van der Waals surface area contributed by atoms with Crippen molar-refractivity contribution in [1.82, 2.24) is 5.32 Å². The van der Waals surface area contributed by atoms with Crippen molar-refractivity contribution < 1.29 is 9.59 Å². The van der Waals surface area contributed by atoms with Gasteiger partial charge < -0.3 is 16.4 Å². The van der Waals surface area contributed by atoms with Gasteiger partial charge >= 0.3 is 0 Å². The van der Waals surface area contributed by atoms with Crippen LogP contribution in [0.3, 0.4) is 0 Å². The molecule has 0 radical (unpaired) electrons. The first kappa shape index (κ1) is 20.9. The molecule has 0 saturated heterocycles. The fourth-order valence-electron chi connectivity index (χ4n) is 3.26. The summed E-state index contributed by atoms with van der Waals surface area (Å²) in [5.74, 6) is -0.264. The highest BCUT2D eigenvalue weighted by molar-refractivity contribution is 5.99. The maximum atomic E-state index is 12.3. The molecule has 6 heteroatoms. The number of carbonyl (C=O) groups excluding carboxylic acids is 2. The number of nitrogens with one attached hydrogen (secondary N) is 2. The molecule has 1 saturated carbocycles. The Hall–Kier alpha value is -2.37. The molecule has 2 amide bonds. The lowest BCUT2D eigenvalue weighted by Crippen LogP contribution is -2.48. The van der Waals surface area contributed by atoms with Gasteiger partial charge in [0.15, 0.2) is 0 Å². The predicted molar refractivity (Wildman–Crippen MR) is 110 cm³/mol. The third-order valence-corrected chi connectivity index (χ3v) is 4.90. The molecule has 1 fully saturated rings. The van der Waals surface area contributed by atoms with E-state index in [1.165, 1.54) is 5.56 Å². The summed E-state index contributed by atoms with van der Waals surface area (Å²) in [5, 5.41) is 5.77. The molecule has 0 bridgehead atoms. The van der Waals surface area contributed by atoms with Crippen LogP contribution >= 0.6 is 12.4 Å². The average Bonchev–Trinajstić information content (AvgIpc) is 3.11. The molecule has 3 rings (SSSR count). The van der Waals surface area contributed by atoms with E-state index in [0.29, 0.717) is 17.8 Å². The fraction of sp³-hybridized carbons (Fsp3) is 0.333. The van der Waals surface area contributed by atoms with Crippen LogP contribution in [0.2, 0.25) is 0 Å². The van der Waals surface area contributed by atoms with Gasteiger partial charge in [0.1, 0.15) is 0 Å². The van der Waals surface area contributed by atoms with E-state index in [1.54, 1.807) is 24.3 Å². The number of anilines is 1. The number of hydrogen-bond donors (Lipinski definition) is 3. The molecule has 0 spiro atoms. The molecule has 27 heavy (non-hydrogen) atoms. The Bertz CT molecular complexity index is 757. The third kappa shape index (κ3) is 5.55. The predicted octanol–water partition coefficient (Wildman–Crippen LogP) is 3.29. The number of hydrogen-bond acceptors (Lipinski definition) is 3. The van der Waals surface area contributed by atoms with Crippen LogP contribution in [0.25, 0.3) is 0 Å². The Balaban J connectivity index is 0.00000261. The van der Waals surface area contributed by atoms with Crippen molar-refractivity contribution in [3.63, 3.8) is 0 Å². The van der Waals surface area contributed by atoms with Crippen molar-refractivity contribution in [3.8, 4) is 0 Å². The Kier molecular flexibility index (Phi) is 7.39. The summed E-state index contributed by atoms with van der Waals surface area (Å²) in [4.78, 5) is 24.5. The topological polar surface area (TPSA) is 84.2 Å². The minimum atomic E-state index is -0.756. The Morgan fingerprint density at radius 2 is 1.59 bits per heavy atom. The van der Waals surface area contributed by atoms with Crippen LogP contribution in [0.15, 0.2) is 54.6 Å². The monoisotopic (exact) mass is 387 g/mol. The minimum Gasteiger partial charge on any atom is -0.352 e. The number of halogens is 1. The minimum absolute atomic E-state index is 0. The van der Waals surface area contributed by atoms with Gasteiger partial charge in [-0.15, -0.1) is 12.4 Å². The van der Waals surface area contributed by atoms with Gasteiger partial charge in [0, 0.05) is 17.8 Å². The van der Waals surface area contributed by atoms with Gasteiger partial charge in [-0.25, -0.2) is 0 Å². The van der Waals surface area contributed by atoms with Crippen LogP contribution in [-0.2, 0) is 11.2 Å². The van der Waals surface area contributed by atoms with E-state index in [4.69, 9.17) is 5.73 Å². The number of carbonyl (C=O) groups is 2. The van der Waals surface area contributed by atoms with Gasteiger partial charge in [-0.05, 0) is 49.1 Å². The van der Waals surface area contributed by atoms with Gasteiger partial charge in [-0.1, -0.05) is 43.2 Å². The van der Waals surface area contributed by atoms with Crippen molar-refractivity contribution in [2.24, 2.45) is 5.73 Å². The summed E-state index contributed by atoms with van der Waals surface area (Å²) in [6.45, 7) is 0.580. The number of nitrogens with two attached hydrogens (primary N) is 1. The molecule has 4 N–H and O–H groups in total. The second kappa shape index (κ2) is 9.53. The van der Waals surface area contributed by atoms with E-state index < -0.39 is 5.54 Å². The molecule has 0 aliphatic heterocycles. The SMILES string of the molecule is Cl.NC1(C(=O)Nc2ccc(C(=O)NCCc3ccccc3)cc2)CCCC1. The number of rotatable bonds is 6. The summed E-state index contributed by atoms with van der Waals surface area (Å²) >= 11 is 0. The maximum Gasteiger partial charge on any atom is 0.251 e. The zero-order valence-electron chi connectivity index (χ0n) is 15.2. The van der Waals surface area contributed by atoms with Crippen molar-refractivity contribution in [2.75, 3.05) is 11.9 Å². The molecule has 1 aliphatic carbocycles. The highest BCUT2D eigenvalue weighted by atomic mass is 35.5. The second-order valence-corrected chi connectivity index (χ2v) is 6.89. The Morgan fingerprint density at radius 3 is 2.22 bits per heavy atom. The summed E-state index contributed by atoms with van der Waals surface area (Å²) in [7, 11) is 0. The van der Waals surface area contributed by atoms with Crippen molar-refractivity contribution >= 4 is 29.9 Å². The van der Waals surface area contributed by atoms with Crippen molar-refractivity contribution in [3.05, 3.63) is 65.7 Å². The lowest BCUT2D eigenvalue weighted by atomic mass is 9.98. The van der Waals surface area contributed by atoms with Crippen LogP contribution in [0.1, 0.15) is 41.6 Å². The molecule has 0 atom stereocenters. The van der Waals surface area contributed by atoms with Crippen LogP contribution in [-0.4, -0.2) is 23.9 Å². The first-order valence-electron chi connectivity index (χ1n) is 9.09. The lowest BCUT2D eigenvalue weighted by Gasteiger charge is -2.22. The normalized spacial score (nSPS) is 14.9. The molecule has 2 aromatic carbocycles. The van der Waals surface area contributed by atoms with Crippen molar-refractivity contribution in [2.45, 2.75) is 37.6 Å². The second-order valence-electron chi connectivity index (χ2n) is 6.89. The van der Waals surface area contributed by atoms with Gasteiger partial charge in [0.2, 0.25) is 5.91 Å². The van der Waals surface area contributed by atoms with Crippen molar-refractivity contribution in [1.29, 1.82) is 0 Å². The quantitative estimate of drug-likeness (QED) is 0.711. The Morgan fingerprint density at radius 1 is 0.963 bits per heavy atom. The van der Waals surface area contributed by atoms with E-state index in [-0.39, 0.29) is 24.2 Å². The van der Waals surface area contributed by atoms with Gasteiger partial charge in [0.25, 0.3) is 5.91 Å². The summed E-state index contributed by atoms with van der Waals surface area (Å²) < 4.78 is 0. The molecule has 2 aromatic rings. The summed E-state index contributed by atoms with van der Waals surface area (Å²) in [6, 6.07) is 16.9. The average molecular weight is 388 g/mol. The summed E-state index contributed by atoms with van der Waals surface area (Å²) in [6.07, 6.45) is 4.22. The molecule has 0 unspecified atom stereocenters. The van der Waals surface area contributed by atoms with Gasteiger partial charge in [0.05, 0.1) is 5.54 Å². The molecule has 0 aromatic heterocycles. The number of amides is 2. The highest BCUT2D eigenvalue weighted by Crippen LogP contribution is 2.28.